The lowest BCUT2D eigenvalue weighted by Gasteiger charge is -2.37. The van der Waals surface area contributed by atoms with E-state index in [2.05, 4.69) is 9.97 Å². The van der Waals surface area contributed by atoms with Crippen molar-refractivity contribution in [2.75, 3.05) is 31.1 Å². The van der Waals surface area contributed by atoms with Crippen LogP contribution in [0, 0.1) is 11.3 Å². The van der Waals surface area contributed by atoms with Gasteiger partial charge in [-0.1, -0.05) is 47.5 Å². The number of amides is 1. The molecular weight excluding hydrogens is 514 g/mol. The first-order valence-electron chi connectivity index (χ1n) is 11.0. The molecule has 6 nitrogen and oxygen atoms in total. The van der Waals surface area contributed by atoms with E-state index in [9.17, 15) is 18.0 Å². The molecule has 186 valence electrons. The van der Waals surface area contributed by atoms with E-state index in [-0.39, 0.29) is 62.1 Å². The van der Waals surface area contributed by atoms with Crippen molar-refractivity contribution in [1.29, 1.82) is 5.26 Å². The van der Waals surface area contributed by atoms with E-state index in [0.29, 0.717) is 21.2 Å². The van der Waals surface area contributed by atoms with Crippen molar-refractivity contribution < 1.29 is 18.0 Å². The number of carbonyl (C=O) groups excluding carboxylic acids is 1. The summed E-state index contributed by atoms with van der Waals surface area (Å²) in [5, 5.41) is 9.81. The first-order valence-corrected chi connectivity index (χ1v) is 11.8. The summed E-state index contributed by atoms with van der Waals surface area (Å²) in [4.78, 5) is 24.3. The first-order chi connectivity index (χ1) is 17.2. The molecule has 3 aromatic rings. The molecule has 2 aromatic carbocycles. The van der Waals surface area contributed by atoms with Crippen LogP contribution in [-0.4, -0.2) is 47.0 Å². The van der Waals surface area contributed by atoms with Crippen molar-refractivity contribution in [2.45, 2.75) is 19.0 Å². The summed E-state index contributed by atoms with van der Waals surface area (Å²) in [5.41, 5.74) is -0.241. The van der Waals surface area contributed by atoms with Crippen LogP contribution in [0.4, 0.5) is 19.0 Å². The lowest BCUT2D eigenvalue weighted by molar-refractivity contribution is -0.141. The van der Waals surface area contributed by atoms with Crippen molar-refractivity contribution in [3.05, 3.63) is 86.8 Å². The molecule has 0 aliphatic carbocycles. The molecule has 0 bridgehead atoms. The molecule has 0 N–H and O–H groups in total. The molecule has 1 fully saturated rings. The standard InChI is InChI=1S/C25H20Cl2F3N5O/c26-17-5-3-4-16(14-17)15-19-22(25(28,29)30)32-21(8-9-31)33-23(19)34-10-12-35(13-11-34)24(36)18-6-1-2-7-20(18)27/h1-7,14H,8,10-13,15H2. The predicted molar refractivity (Wildman–Crippen MR) is 130 cm³/mol. The second-order valence-electron chi connectivity index (χ2n) is 8.19. The topological polar surface area (TPSA) is 73.1 Å². The average molecular weight is 534 g/mol. The monoisotopic (exact) mass is 533 g/mol. The third kappa shape index (κ3) is 5.72. The van der Waals surface area contributed by atoms with Crippen LogP contribution in [-0.2, 0) is 19.0 Å². The Morgan fingerprint density at radius 3 is 2.39 bits per heavy atom. The summed E-state index contributed by atoms with van der Waals surface area (Å²) in [6.45, 7) is 1.03. The van der Waals surface area contributed by atoms with Crippen LogP contribution in [0.15, 0.2) is 48.5 Å². The molecule has 0 atom stereocenters. The number of hydrogen-bond acceptors (Lipinski definition) is 5. The van der Waals surface area contributed by atoms with Gasteiger partial charge >= 0.3 is 6.18 Å². The number of piperazine rings is 1. The smallest absolute Gasteiger partial charge is 0.353 e. The highest BCUT2D eigenvalue weighted by Gasteiger charge is 2.39. The van der Waals surface area contributed by atoms with Crippen LogP contribution in [0.2, 0.25) is 10.0 Å². The van der Waals surface area contributed by atoms with Crippen molar-refractivity contribution in [2.24, 2.45) is 0 Å². The molecule has 0 radical (unpaired) electrons. The van der Waals surface area contributed by atoms with Crippen molar-refractivity contribution >= 4 is 34.9 Å². The number of aromatic nitrogens is 2. The Hall–Kier alpha value is -3.35. The number of alkyl halides is 3. The predicted octanol–water partition coefficient (Wildman–Crippen LogP) is 5.42. The molecule has 4 rings (SSSR count). The fourth-order valence-corrected chi connectivity index (χ4v) is 4.53. The van der Waals surface area contributed by atoms with E-state index in [1.807, 2.05) is 6.07 Å². The number of hydrogen-bond donors (Lipinski definition) is 0. The van der Waals surface area contributed by atoms with E-state index in [4.69, 9.17) is 28.5 Å². The molecule has 2 heterocycles. The Labute approximate surface area is 215 Å². The Bertz CT molecular complexity index is 1320. The second kappa shape index (κ2) is 10.7. The van der Waals surface area contributed by atoms with Gasteiger partial charge in [-0.3, -0.25) is 4.79 Å². The molecule has 0 unspecified atom stereocenters. The lowest BCUT2D eigenvalue weighted by Crippen LogP contribution is -2.49. The largest absolute Gasteiger partial charge is 0.433 e. The fraction of sp³-hybridized carbons (Fsp3) is 0.280. The Morgan fingerprint density at radius 2 is 1.75 bits per heavy atom. The van der Waals surface area contributed by atoms with Gasteiger partial charge in [-0.25, -0.2) is 9.97 Å². The van der Waals surface area contributed by atoms with Crippen LogP contribution in [0.25, 0.3) is 0 Å². The third-order valence-corrected chi connectivity index (χ3v) is 6.34. The summed E-state index contributed by atoms with van der Waals surface area (Å²) in [7, 11) is 0. The minimum absolute atomic E-state index is 0.0997. The van der Waals surface area contributed by atoms with Gasteiger partial charge in [0.2, 0.25) is 0 Å². The van der Waals surface area contributed by atoms with Crippen LogP contribution in [0.1, 0.15) is 33.0 Å². The average Bonchev–Trinajstić information content (AvgIpc) is 2.84. The van der Waals surface area contributed by atoms with Crippen molar-refractivity contribution in [3.8, 4) is 6.07 Å². The molecule has 0 saturated carbocycles. The van der Waals surface area contributed by atoms with Gasteiger partial charge in [-0.15, -0.1) is 0 Å². The summed E-state index contributed by atoms with van der Waals surface area (Å²) < 4.78 is 42.3. The number of nitriles is 1. The molecule has 0 spiro atoms. The normalized spacial score (nSPS) is 14.0. The Morgan fingerprint density at radius 1 is 1.03 bits per heavy atom. The maximum absolute atomic E-state index is 14.1. The van der Waals surface area contributed by atoms with E-state index in [1.54, 1.807) is 58.3 Å². The number of nitrogens with zero attached hydrogens (tertiary/aromatic N) is 5. The fourth-order valence-electron chi connectivity index (χ4n) is 4.10. The lowest BCUT2D eigenvalue weighted by atomic mass is 10.0. The van der Waals surface area contributed by atoms with Gasteiger partial charge in [0.1, 0.15) is 11.6 Å². The van der Waals surface area contributed by atoms with Gasteiger partial charge in [0, 0.05) is 43.2 Å². The number of benzene rings is 2. The number of anilines is 1. The minimum atomic E-state index is -4.75. The number of halogens is 5. The van der Waals surface area contributed by atoms with E-state index < -0.39 is 11.9 Å². The summed E-state index contributed by atoms with van der Waals surface area (Å²) in [6, 6.07) is 15.1. The summed E-state index contributed by atoms with van der Waals surface area (Å²) in [6.07, 6.45) is -5.22. The molecule has 1 aliphatic rings. The first kappa shape index (κ1) is 25.7. The molecule has 11 heteroatoms. The van der Waals surface area contributed by atoms with Crippen molar-refractivity contribution in [1.82, 2.24) is 14.9 Å². The van der Waals surface area contributed by atoms with Crippen molar-refractivity contribution in [3.63, 3.8) is 0 Å². The van der Waals surface area contributed by atoms with Crippen LogP contribution >= 0.6 is 23.2 Å². The van der Waals surface area contributed by atoms with Gasteiger partial charge in [0.05, 0.1) is 23.1 Å². The van der Waals surface area contributed by atoms with E-state index >= 15 is 0 Å². The highest BCUT2D eigenvalue weighted by Crippen LogP contribution is 2.36. The highest BCUT2D eigenvalue weighted by atomic mass is 35.5. The second-order valence-corrected chi connectivity index (χ2v) is 9.03. The van der Waals surface area contributed by atoms with Crippen LogP contribution in [0.3, 0.4) is 0 Å². The van der Waals surface area contributed by atoms with Crippen LogP contribution in [0.5, 0.6) is 0 Å². The minimum Gasteiger partial charge on any atom is -0.353 e. The summed E-state index contributed by atoms with van der Waals surface area (Å²) in [5.74, 6) is -0.347. The van der Waals surface area contributed by atoms with Gasteiger partial charge in [0.25, 0.3) is 5.91 Å². The molecule has 1 amide bonds. The highest BCUT2D eigenvalue weighted by molar-refractivity contribution is 6.33. The zero-order valence-corrected chi connectivity index (χ0v) is 20.4. The SMILES string of the molecule is N#CCc1nc(N2CCN(C(=O)c3ccccc3Cl)CC2)c(Cc2cccc(Cl)c2)c(C(F)(F)F)n1. The third-order valence-electron chi connectivity index (χ3n) is 5.78. The molecule has 1 aliphatic heterocycles. The number of rotatable bonds is 5. The van der Waals surface area contributed by atoms with Crippen LogP contribution < -0.4 is 4.90 Å². The van der Waals surface area contributed by atoms with Gasteiger partial charge in [0.15, 0.2) is 5.69 Å². The molecule has 36 heavy (non-hydrogen) atoms. The number of carbonyl (C=O) groups is 1. The zero-order valence-electron chi connectivity index (χ0n) is 18.9. The van der Waals surface area contributed by atoms with Gasteiger partial charge < -0.3 is 9.80 Å². The zero-order chi connectivity index (χ0) is 25.9. The maximum Gasteiger partial charge on any atom is 0.433 e. The maximum atomic E-state index is 14.1. The van der Waals surface area contributed by atoms with E-state index in [1.165, 1.54) is 0 Å². The Balaban J connectivity index is 1.68. The molecular formula is C25H20Cl2F3N5O. The summed E-state index contributed by atoms with van der Waals surface area (Å²) >= 11 is 12.2. The molecule has 1 saturated heterocycles. The van der Waals surface area contributed by atoms with Gasteiger partial charge in [-0.2, -0.15) is 18.4 Å². The van der Waals surface area contributed by atoms with E-state index in [0.717, 1.165) is 0 Å². The molecule has 1 aromatic heterocycles. The quantitative estimate of drug-likeness (QED) is 0.437. The van der Waals surface area contributed by atoms with Gasteiger partial charge in [-0.05, 0) is 29.8 Å². The Kier molecular flexibility index (Phi) is 7.67.